The molecule has 17 heavy (non-hydrogen) atoms. The summed E-state index contributed by atoms with van der Waals surface area (Å²) >= 11 is 0. The van der Waals surface area contributed by atoms with Crippen LogP contribution in [-0.2, 0) is 9.63 Å². The predicted octanol–water partition coefficient (Wildman–Crippen LogP) is 2.69. The third kappa shape index (κ3) is 4.10. The number of ketones is 1. The zero-order valence-electron chi connectivity index (χ0n) is 12.2. The van der Waals surface area contributed by atoms with E-state index in [1.165, 1.54) is 6.92 Å². The maximum absolute atomic E-state index is 11.7. The topological polar surface area (TPSA) is 53.3 Å². The Morgan fingerprint density at radius 3 is 1.76 bits per heavy atom. The van der Waals surface area contributed by atoms with Crippen molar-refractivity contribution in [1.29, 1.82) is 5.26 Å². The van der Waals surface area contributed by atoms with Gasteiger partial charge in [0.1, 0.15) is 0 Å². The average Bonchev–Trinajstić information content (AvgIpc) is 2.12. The van der Waals surface area contributed by atoms with Gasteiger partial charge in [0.2, 0.25) is 0 Å². The Labute approximate surface area is 105 Å². The predicted molar refractivity (Wildman–Crippen MR) is 67.1 cm³/mol. The van der Waals surface area contributed by atoms with Crippen LogP contribution in [0.25, 0.3) is 0 Å². The first-order valence-electron chi connectivity index (χ1n) is 5.76. The van der Waals surface area contributed by atoms with Crippen molar-refractivity contribution >= 4 is 5.78 Å². The second kappa shape index (κ2) is 4.75. The smallest absolute Gasteiger partial charge is 0.170 e. The highest BCUT2D eigenvalue weighted by Gasteiger charge is 2.42. The SMILES string of the molecule is CC(=O)C(C)(C)N(OC(C)(C)C#N)C(C)(C)C. The van der Waals surface area contributed by atoms with E-state index >= 15 is 0 Å². The van der Waals surface area contributed by atoms with Gasteiger partial charge in [-0.2, -0.15) is 10.3 Å². The Hall–Kier alpha value is -0.920. The fourth-order valence-electron chi connectivity index (χ4n) is 1.48. The summed E-state index contributed by atoms with van der Waals surface area (Å²) in [5, 5.41) is 10.6. The monoisotopic (exact) mass is 240 g/mol. The van der Waals surface area contributed by atoms with Crippen LogP contribution in [0.2, 0.25) is 0 Å². The molecule has 0 aliphatic rings. The molecule has 4 nitrogen and oxygen atoms in total. The van der Waals surface area contributed by atoms with Crippen LogP contribution in [0.15, 0.2) is 0 Å². The number of nitriles is 1. The highest BCUT2D eigenvalue weighted by Crippen LogP contribution is 2.29. The van der Waals surface area contributed by atoms with Crippen molar-refractivity contribution in [3.8, 4) is 6.07 Å². The van der Waals surface area contributed by atoms with Crippen LogP contribution < -0.4 is 0 Å². The van der Waals surface area contributed by atoms with Crippen molar-refractivity contribution in [2.45, 2.75) is 72.1 Å². The molecule has 0 N–H and O–H groups in total. The number of hydrogen-bond donors (Lipinski definition) is 0. The van der Waals surface area contributed by atoms with Gasteiger partial charge < -0.3 is 0 Å². The average molecular weight is 240 g/mol. The van der Waals surface area contributed by atoms with Gasteiger partial charge in [0.25, 0.3) is 0 Å². The maximum atomic E-state index is 11.7. The summed E-state index contributed by atoms with van der Waals surface area (Å²) < 4.78 is 0. The van der Waals surface area contributed by atoms with E-state index in [0.29, 0.717) is 0 Å². The molecule has 0 amide bonds. The van der Waals surface area contributed by atoms with Gasteiger partial charge in [-0.1, -0.05) is 0 Å². The largest absolute Gasteiger partial charge is 0.298 e. The van der Waals surface area contributed by atoms with E-state index in [4.69, 9.17) is 10.1 Å². The third-order valence-electron chi connectivity index (χ3n) is 2.57. The zero-order chi connectivity index (χ0) is 14.1. The van der Waals surface area contributed by atoms with Gasteiger partial charge >= 0.3 is 0 Å². The van der Waals surface area contributed by atoms with E-state index in [2.05, 4.69) is 6.07 Å². The summed E-state index contributed by atoms with van der Waals surface area (Å²) in [6, 6.07) is 2.08. The summed E-state index contributed by atoms with van der Waals surface area (Å²) in [4.78, 5) is 17.5. The summed E-state index contributed by atoms with van der Waals surface area (Å²) in [7, 11) is 0. The number of Topliss-reactive ketones (excluding diaryl/α,β-unsaturated/α-hetero) is 1. The highest BCUT2D eigenvalue weighted by atomic mass is 16.7. The van der Waals surface area contributed by atoms with E-state index in [-0.39, 0.29) is 11.3 Å². The molecule has 0 unspecified atom stereocenters. The van der Waals surface area contributed by atoms with Gasteiger partial charge in [-0.15, -0.1) is 0 Å². The molecule has 0 aromatic carbocycles. The van der Waals surface area contributed by atoms with E-state index in [1.54, 1.807) is 32.8 Å². The first kappa shape index (κ1) is 16.1. The van der Waals surface area contributed by atoms with Crippen LogP contribution in [0.3, 0.4) is 0 Å². The lowest BCUT2D eigenvalue weighted by Gasteiger charge is -2.46. The molecule has 0 heterocycles. The van der Waals surface area contributed by atoms with Crippen molar-refractivity contribution in [3.63, 3.8) is 0 Å². The minimum absolute atomic E-state index is 0.00108. The standard InChI is InChI=1S/C13H24N2O2/c1-10(16)13(7,8)15(11(2,3)4)17-12(5,6)9-14/h1-8H3. The number of hydrogen-bond acceptors (Lipinski definition) is 4. The maximum Gasteiger partial charge on any atom is 0.170 e. The third-order valence-corrected chi connectivity index (χ3v) is 2.57. The molecule has 0 radical (unpaired) electrons. The van der Waals surface area contributed by atoms with E-state index in [9.17, 15) is 4.79 Å². The zero-order valence-corrected chi connectivity index (χ0v) is 12.2. The van der Waals surface area contributed by atoms with Gasteiger partial charge in [-0.05, 0) is 55.4 Å². The van der Waals surface area contributed by atoms with Gasteiger partial charge in [0.05, 0.1) is 11.6 Å². The number of hydroxylamine groups is 2. The second-order valence-electron chi connectivity index (χ2n) is 6.29. The molecular weight excluding hydrogens is 216 g/mol. The molecule has 0 aromatic heterocycles. The first-order valence-corrected chi connectivity index (χ1v) is 5.76. The summed E-state index contributed by atoms with van der Waals surface area (Å²) in [5.41, 5.74) is -2.10. The Morgan fingerprint density at radius 1 is 1.12 bits per heavy atom. The van der Waals surface area contributed by atoms with Crippen molar-refractivity contribution in [2.24, 2.45) is 0 Å². The lowest BCUT2D eigenvalue weighted by Crippen LogP contribution is -2.59. The number of nitrogens with zero attached hydrogens (tertiary/aromatic N) is 2. The minimum Gasteiger partial charge on any atom is -0.298 e. The van der Waals surface area contributed by atoms with E-state index in [1.807, 2.05) is 20.8 Å². The molecule has 0 fully saturated rings. The molecule has 0 aromatic rings. The van der Waals surface area contributed by atoms with Crippen LogP contribution in [0.1, 0.15) is 55.4 Å². The van der Waals surface area contributed by atoms with Crippen LogP contribution in [0, 0.1) is 11.3 Å². The van der Waals surface area contributed by atoms with Crippen LogP contribution in [0.5, 0.6) is 0 Å². The Morgan fingerprint density at radius 2 is 1.53 bits per heavy atom. The summed E-state index contributed by atoms with van der Waals surface area (Å²) in [6.45, 7) is 14.3. The van der Waals surface area contributed by atoms with Gasteiger partial charge in [0, 0.05) is 5.54 Å². The van der Waals surface area contributed by atoms with E-state index < -0.39 is 11.1 Å². The van der Waals surface area contributed by atoms with Crippen LogP contribution >= 0.6 is 0 Å². The molecule has 0 saturated carbocycles. The summed E-state index contributed by atoms with van der Waals surface area (Å²) in [6.07, 6.45) is 0. The van der Waals surface area contributed by atoms with Crippen molar-refractivity contribution in [1.82, 2.24) is 5.06 Å². The Kier molecular flexibility index (Phi) is 4.50. The van der Waals surface area contributed by atoms with Crippen LogP contribution in [0.4, 0.5) is 0 Å². The fraction of sp³-hybridized carbons (Fsp3) is 0.846. The van der Waals surface area contributed by atoms with Crippen LogP contribution in [-0.4, -0.2) is 27.5 Å². The molecule has 4 heteroatoms. The van der Waals surface area contributed by atoms with Crippen molar-refractivity contribution in [2.75, 3.05) is 0 Å². The lowest BCUT2D eigenvalue weighted by atomic mass is 9.94. The molecule has 0 saturated heterocycles. The Balaban J connectivity index is 5.35. The minimum atomic E-state index is -0.958. The van der Waals surface area contributed by atoms with E-state index in [0.717, 1.165) is 0 Å². The summed E-state index contributed by atoms with van der Waals surface area (Å²) in [5.74, 6) is 0.00108. The molecule has 0 spiro atoms. The molecule has 0 bridgehead atoms. The first-order chi connectivity index (χ1) is 7.34. The van der Waals surface area contributed by atoms with Crippen molar-refractivity contribution < 1.29 is 9.63 Å². The quantitative estimate of drug-likeness (QED) is 0.709. The highest BCUT2D eigenvalue weighted by molar-refractivity contribution is 5.85. The van der Waals surface area contributed by atoms with Crippen molar-refractivity contribution in [3.05, 3.63) is 0 Å². The molecular formula is C13H24N2O2. The van der Waals surface area contributed by atoms with Gasteiger partial charge in [0.15, 0.2) is 11.4 Å². The van der Waals surface area contributed by atoms with Gasteiger partial charge in [-0.25, -0.2) is 0 Å². The number of rotatable bonds is 4. The number of carbonyl (C=O) groups excluding carboxylic acids is 1. The normalized spacial score (nSPS) is 13.6. The Bertz CT molecular complexity index is 332. The molecule has 98 valence electrons. The fourth-order valence-corrected chi connectivity index (χ4v) is 1.48. The molecule has 0 aliphatic heterocycles. The molecule has 0 rings (SSSR count). The number of carbonyl (C=O) groups is 1. The van der Waals surface area contributed by atoms with Gasteiger partial charge in [-0.3, -0.25) is 9.63 Å². The molecule has 0 atom stereocenters. The lowest BCUT2D eigenvalue weighted by molar-refractivity contribution is -0.292. The second-order valence-corrected chi connectivity index (χ2v) is 6.29. The molecule has 0 aliphatic carbocycles.